The van der Waals surface area contributed by atoms with Crippen molar-refractivity contribution in [2.24, 2.45) is 0 Å². The standard InChI is InChI=1S/C6H14.C2H4/c1-3-5-6-4-2;1-2/h3-6H2,1-2H3;1-2H2. The summed E-state index contributed by atoms with van der Waals surface area (Å²) in [4.78, 5) is 0. The number of rotatable bonds is 3. The van der Waals surface area contributed by atoms with Crippen molar-refractivity contribution in [3.05, 3.63) is 13.2 Å². The molecular formula is C8H18. The Hall–Kier alpha value is -0.260. The Kier molecular flexibility index (Phi) is 21.2. The van der Waals surface area contributed by atoms with Gasteiger partial charge in [-0.3, -0.25) is 0 Å². The van der Waals surface area contributed by atoms with Crippen LogP contribution in [0.15, 0.2) is 13.2 Å². The zero-order valence-corrected chi connectivity index (χ0v) is 6.24. The monoisotopic (exact) mass is 114 g/mol. The van der Waals surface area contributed by atoms with E-state index in [1.807, 2.05) is 0 Å². The second-order valence-corrected chi connectivity index (χ2v) is 1.71. The van der Waals surface area contributed by atoms with Crippen molar-refractivity contribution in [3.8, 4) is 0 Å². The van der Waals surface area contributed by atoms with Crippen molar-refractivity contribution in [3.63, 3.8) is 0 Å². The summed E-state index contributed by atoms with van der Waals surface area (Å²) in [7, 11) is 0. The van der Waals surface area contributed by atoms with Crippen LogP contribution in [0.1, 0.15) is 39.5 Å². The van der Waals surface area contributed by atoms with E-state index in [2.05, 4.69) is 27.0 Å². The lowest BCUT2D eigenvalue weighted by molar-refractivity contribution is 0.702. The molecule has 50 valence electrons. The Balaban J connectivity index is 0. The zero-order valence-electron chi connectivity index (χ0n) is 6.24. The minimum atomic E-state index is 1.36. The van der Waals surface area contributed by atoms with E-state index in [-0.39, 0.29) is 0 Å². The molecule has 8 heavy (non-hydrogen) atoms. The van der Waals surface area contributed by atoms with Gasteiger partial charge in [0.1, 0.15) is 0 Å². The van der Waals surface area contributed by atoms with Gasteiger partial charge in [-0.1, -0.05) is 39.5 Å². The van der Waals surface area contributed by atoms with E-state index in [0.717, 1.165) is 0 Å². The van der Waals surface area contributed by atoms with E-state index in [1.165, 1.54) is 25.7 Å². The highest BCUT2D eigenvalue weighted by Crippen LogP contribution is 1.95. The van der Waals surface area contributed by atoms with Crippen LogP contribution < -0.4 is 0 Å². The summed E-state index contributed by atoms with van der Waals surface area (Å²) in [6, 6.07) is 0. The molecule has 0 aromatic rings. The quantitative estimate of drug-likeness (QED) is 0.389. The Morgan fingerprint density at radius 1 is 0.875 bits per heavy atom. The first kappa shape index (κ1) is 10.7. The Labute approximate surface area is 53.6 Å². The predicted octanol–water partition coefficient (Wildman–Crippen LogP) is 3.39. The van der Waals surface area contributed by atoms with Crippen molar-refractivity contribution in [2.75, 3.05) is 0 Å². The highest BCUT2D eigenvalue weighted by molar-refractivity contribution is 4.31. The first-order valence-electron chi connectivity index (χ1n) is 3.41. The molecular weight excluding hydrogens is 96.1 g/mol. The molecule has 0 saturated carbocycles. The van der Waals surface area contributed by atoms with Gasteiger partial charge >= 0.3 is 0 Å². The molecule has 0 spiro atoms. The van der Waals surface area contributed by atoms with Crippen LogP contribution in [0.3, 0.4) is 0 Å². The molecule has 0 unspecified atom stereocenters. The third kappa shape index (κ3) is 17.2. The Morgan fingerprint density at radius 2 is 1.12 bits per heavy atom. The molecule has 0 amide bonds. The van der Waals surface area contributed by atoms with Crippen LogP contribution in [0.5, 0.6) is 0 Å². The average molecular weight is 114 g/mol. The van der Waals surface area contributed by atoms with Crippen LogP contribution in [0, 0.1) is 0 Å². The summed E-state index contributed by atoms with van der Waals surface area (Å²) >= 11 is 0. The van der Waals surface area contributed by atoms with E-state index >= 15 is 0 Å². The lowest BCUT2D eigenvalue weighted by Gasteiger charge is -1.86. The Morgan fingerprint density at radius 3 is 1.25 bits per heavy atom. The molecule has 0 bridgehead atoms. The topological polar surface area (TPSA) is 0 Å². The van der Waals surface area contributed by atoms with Crippen molar-refractivity contribution >= 4 is 0 Å². The van der Waals surface area contributed by atoms with Gasteiger partial charge in [0.05, 0.1) is 0 Å². The molecule has 0 aliphatic heterocycles. The average Bonchev–Trinajstić information content (AvgIpc) is 1.88. The second kappa shape index (κ2) is 15.9. The molecule has 0 atom stereocenters. The smallest absolute Gasteiger partial charge is 0.0536 e. The summed E-state index contributed by atoms with van der Waals surface area (Å²) in [5.74, 6) is 0. The van der Waals surface area contributed by atoms with Gasteiger partial charge in [-0.15, -0.1) is 13.2 Å². The van der Waals surface area contributed by atoms with E-state index < -0.39 is 0 Å². The number of hydrogen-bond acceptors (Lipinski definition) is 0. The van der Waals surface area contributed by atoms with E-state index in [1.54, 1.807) is 0 Å². The minimum absolute atomic E-state index is 1.36. The van der Waals surface area contributed by atoms with E-state index in [0.29, 0.717) is 0 Å². The minimum Gasteiger partial charge on any atom is -0.106 e. The third-order valence-electron chi connectivity index (χ3n) is 0.957. The molecule has 0 heteroatoms. The maximum Gasteiger partial charge on any atom is -0.0536 e. The largest absolute Gasteiger partial charge is 0.106 e. The molecule has 0 aromatic carbocycles. The lowest BCUT2D eigenvalue weighted by Crippen LogP contribution is -1.66. The highest BCUT2D eigenvalue weighted by Gasteiger charge is 1.75. The predicted molar refractivity (Wildman–Crippen MR) is 41.1 cm³/mol. The fraction of sp³-hybridized carbons (Fsp3) is 0.750. The van der Waals surface area contributed by atoms with Crippen molar-refractivity contribution in [1.29, 1.82) is 0 Å². The van der Waals surface area contributed by atoms with Crippen LogP contribution in [-0.2, 0) is 0 Å². The van der Waals surface area contributed by atoms with Gasteiger partial charge in [-0.05, 0) is 0 Å². The molecule has 0 aromatic heterocycles. The molecule has 0 rings (SSSR count). The van der Waals surface area contributed by atoms with Crippen LogP contribution in [-0.4, -0.2) is 0 Å². The zero-order chi connectivity index (χ0) is 6.83. The normalized spacial score (nSPS) is 7.25. The highest BCUT2D eigenvalue weighted by atomic mass is 13.8. The molecule has 0 nitrogen and oxygen atoms in total. The molecule has 0 aliphatic carbocycles. The van der Waals surface area contributed by atoms with Crippen molar-refractivity contribution in [2.45, 2.75) is 39.5 Å². The fourth-order valence-electron chi connectivity index (χ4n) is 0.500. The molecule has 0 saturated heterocycles. The first-order chi connectivity index (χ1) is 3.91. The molecule has 0 N–H and O–H groups in total. The van der Waals surface area contributed by atoms with Crippen molar-refractivity contribution < 1.29 is 0 Å². The number of unbranched alkanes of at least 4 members (excludes halogenated alkanes) is 3. The van der Waals surface area contributed by atoms with Crippen LogP contribution in [0.25, 0.3) is 0 Å². The lowest BCUT2D eigenvalue weighted by atomic mass is 10.2. The van der Waals surface area contributed by atoms with E-state index in [4.69, 9.17) is 0 Å². The second-order valence-electron chi connectivity index (χ2n) is 1.71. The summed E-state index contributed by atoms with van der Waals surface area (Å²) in [6.45, 7) is 10.5. The van der Waals surface area contributed by atoms with Crippen molar-refractivity contribution in [1.82, 2.24) is 0 Å². The van der Waals surface area contributed by atoms with Gasteiger partial charge < -0.3 is 0 Å². The molecule has 0 heterocycles. The number of hydrogen-bond donors (Lipinski definition) is 0. The van der Waals surface area contributed by atoms with Gasteiger partial charge in [0, 0.05) is 0 Å². The fourth-order valence-corrected chi connectivity index (χ4v) is 0.500. The van der Waals surface area contributed by atoms with Crippen LogP contribution >= 0.6 is 0 Å². The first-order valence-corrected chi connectivity index (χ1v) is 3.41. The summed E-state index contributed by atoms with van der Waals surface area (Å²) in [6.07, 6.45) is 5.54. The summed E-state index contributed by atoms with van der Waals surface area (Å²) in [5.41, 5.74) is 0. The van der Waals surface area contributed by atoms with Crippen LogP contribution in [0.2, 0.25) is 0 Å². The van der Waals surface area contributed by atoms with Gasteiger partial charge in [-0.25, -0.2) is 0 Å². The van der Waals surface area contributed by atoms with Gasteiger partial charge in [-0.2, -0.15) is 0 Å². The summed E-state index contributed by atoms with van der Waals surface area (Å²) < 4.78 is 0. The molecule has 0 radical (unpaired) electrons. The SMILES string of the molecule is C=C.CCCCCC. The third-order valence-corrected chi connectivity index (χ3v) is 0.957. The maximum atomic E-state index is 3.00. The van der Waals surface area contributed by atoms with E-state index in [9.17, 15) is 0 Å². The molecule has 0 aliphatic rings. The van der Waals surface area contributed by atoms with Gasteiger partial charge in [0.25, 0.3) is 0 Å². The van der Waals surface area contributed by atoms with Gasteiger partial charge in [0.15, 0.2) is 0 Å². The van der Waals surface area contributed by atoms with Gasteiger partial charge in [0.2, 0.25) is 0 Å². The summed E-state index contributed by atoms with van der Waals surface area (Å²) in [5, 5.41) is 0. The maximum absolute atomic E-state index is 3.00. The Bertz CT molecular complexity index is 19.2. The molecule has 0 fully saturated rings. The van der Waals surface area contributed by atoms with Crippen LogP contribution in [0.4, 0.5) is 0 Å².